The van der Waals surface area contributed by atoms with Crippen LogP contribution in [-0.4, -0.2) is 0 Å². The van der Waals surface area contributed by atoms with Gasteiger partial charge in [-0.05, 0) is 72.8 Å². The maximum Gasteiger partial charge on any atom is 1.00 e. The summed E-state index contributed by atoms with van der Waals surface area (Å²) in [5.74, 6) is 4.71. The maximum absolute atomic E-state index is 7.06. The average Bonchev–Trinajstić information content (AvgIpc) is 4.11. The van der Waals surface area contributed by atoms with Crippen molar-refractivity contribution in [2.45, 2.75) is 0 Å². The van der Waals surface area contributed by atoms with Crippen molar-refractivity contribution in [2.24, 2.45) is 0 Å². The molecule has 13 rings (SSSR count). The van der Waals surface area contributed by atoms with E-state index in [2.05, 4.69) is 170 Å². The van der Waals surface area contributed by atoms with Crippen molar-refractivity contribution in [3.8, 4) is 11.8 Å². The summed E-state index contributed by atoms with van der Waals surface area (Å²) in [6, 6.07) is 84.7. The minimum Gasteiger partial charge on any atom is -0.458 e. The third-order valence-electron chi connectivity index (χ3n) is 12.4. The first-order valence-corrected chi connectivity index (χ1v) is 25.7. The molecule has 0 unspecified atom stereocenters. The van der Waals surface area contributed by atoms with Crippen LogP contribution in [0, 0.1) is 24.7 Å². The van der Waals surface area contributed by atoms with Gasteiger partial charge in [0.2, 0.25) is 0 Å². The number of rotatable bonds is 6. The molecule has 0 saturated heterocycles. The van der Waals surface area contributed by atoms with Crippen molar-refractivity contribution in [2.75, 3.05) is 0 Å². The van der Waals surface area contributed by atoms with Gasteiger partial charge >= 0.3 is 44.8 Å². The third-order valence-corrected chi connectivity index (χ3v) is 18.1. The largest absolute Gasteiger partial charge is 1.00 e. The minimum absolute atomic E-state index is 0. The van der Waals surface area contributed by atoms with Gasteiger partial charge in [-0.15, -0.1) is 23.3 Å². The minimum atomic E-state index is -1.33. The van der Waals surface area contributed by atoms with Crippen LogP contribution in [0.25, 0.3) is 65.8 Å². The monoisotopic (exact) mass is 1310 g/mol. The normalized spacial score (nSPS) is 10.8. The molecule has 0 aliphatic carbocycles. The van der Waals surface area contributed by atoms with E-state index in [-0.39, 0.29) is 44.8 Å². The zero-order chi connectivity index (χ0) is 46.5. The number of furan rings is 3. The van der Waals surface area contributed by atoms with Crippen LogP contribution in [0.5, 0.6) is 0 Å². The van der Waals surface area contributed by atoms with E-state index in [1.807, 2.05) is 84.9 Å². The topological polar surface area (TPSA) is 39.4 Å². The van der Waals surface area contributed by atoms with Crippen LogP contribution >= 0.6 is 15.8 Å². The Labute approximate surface area is 446 Å². The van der Waals surface area contributed by atoms with Crippen LogP contribution in [-0.2, 0) is 44.8 Å². The second kappa shape index (κ2) is 22.4. The molecule has 0 N–H and O–H groups in total. The Hall–Kier alpha value is -6.94. The molecule has 0 amide bonds. The van der Waals surface area contributed by atoms with Gasteiger partial charge in [0.25, 0.3) is 0 Å². The number of hydrogen-bond acceptors (Lipinski definition) is 3. The first-order valence-electron chi connectivity index (χ1n) is 22.7. The summed E-state index contributed by atoms with van der Waals surface area (Å²) in [5.41, 5.74) is 6.78. The van der Waals surface area contributed by atoms with Gasteiger partial charge in [0.15, 0.2) is 0 Å². The Bertz CT molecular complexity index is 3800. The smallest absolute Gasteiger partial charge is 0.458 e. The molecule has 0 aliphatic heterocycles. The van der Waals surface area contributed by atoms with Crippen molar-refractivity contribution < 1.29 is 58.0 Å². The van der Waals surface area contributed by atoms with E-state index in [4.69, 9.17) is 26.1 Å². The molecule has 0 atom stereocenters. The summed E-state index contributed by atoms with van der Waals surface area (Å²) >= 11 is 0. The first-order chi connectivity index (χ1) is 34.1. The number of hydrogen-bond donors (Lipinski definition) is 0. The summed E-state index contributed by atoms with van der Waals surface area (Å²) in [7, 11) is -2.65. The van der Waals surface area contributed by atoms with Crippen molar-refractivity contribution in [3.05, 3.63) is 267 Å². The van der Waals surface area contributed by atoms with Gasteiger partial charge < -0.3 is 26.1 Å². The summed E-state index contributed by atoms with van der Waals surface area (Å²) in [5, 5.41) is 15.2. The van der Waals surface area contributed by atoms with E-state index >= 15 is 0 Å². The molecule has 71 heavy (non-hydrogen) atoms. The maximum atomic E-state index is 7.06. The molecule has 0 bridgehead atoms. The van der Waals surface area contributed by atoms with E-state index in [0.717, 1.165) is 66.2 Å². The molecular weight excluding hydrogens is 1270 g/mol. The van der Waals surface area contributed by atoms with E-state index in [1.54, 1.807) is 0 Å². The second-order valence-corrected chi connectivity index (χ2v) is 21.5. The molecule has 0 fully saturated rings. The molecule has 0 radical (unpaired) electrons. The Balaban J connectivity index is 0.000000159. The molecule has 3 nitrogen and oxygen atoms in total. The molecule has 10 aromatic carbocycles. The van der Waals surface area contributed by atoms with Crippen LogP contribution in [0.3, 0.4) is 0 Å². The SMILES string of the molecule is [Au+].[Au+].[C-]#Cc1ccc2c(c1)oc1ccccc12.[C-]#Cc1ccc2c(c1)oc1ccccc12.c1ccc([PH+](c2ccccc2)c2cc3oc4ccccc4c3cc2[PH+](c2ccccc2)c2ccccc2)cc1. The molecule has 0 aliphatic rings. The van der Waals surface area contributed by atoms with Gasteiger partial charge in [-0.1, -0.05) is 152 Å². The Kier molecular flexibility index (Phi) is 15.5. The van der Waals surface area contributed by atoms with Crippen LogP contribution < -0.4 is 31.8 Å². The molecule has 0 spiro atoms. The van der Waals surface area contributed by atoms with Gasteiger partial charge in [0, 0.05) is 38.4 Å². The molecule has 13 aromatic rings. The van der Waals surface area contributed by atoms with Gasteiger partial charge in [0.1, 0.15) is 81.2 Å². The molecule has 7 heteroatoms. The van der Waals surface area contributed by atoms with E-state index in [9.17, 15) is 0 Å². The third kappa shape index (κ3) is 10.2. The van der Waals surface area contributed by atoms with Crippen molar-refractivity contribution in [3.63, 3.8) is 0 Å². The van der Waals surface area contributed by atoms with Crippen molar-refractivity contribution in [1.29, 1.82) is 0 Å². The fourth-order valence-corrected chi connectivity index (χ4v) is 15.2. The zero-order valence-electron chi connectivity index (χ0n) is 37.9. The summed E-state index contributed by atoms with van der Waals surface area (Å²) in [4.78, 5) is 0. The Morgan fingerprint density at radius 3 is 0.901 bits per heavy atom. The molecule has 3 aromatic heterocycles. The van der Waals surface area contributed by atoms with Crippen LogP contribution in [0.1, 0.15) is 11.1 Å². The van der Waals surface area contributed by atoms with Gasteiger partial charge in [-0.25, -0.2) is 0 Å². The summed E-state index contributed by atoms with van der Waals surface area (Å²) in [6.45, 7) is 0. The Morgan fingerprint density at radius 1 is 0.268 bits per heavy atom. The number of benzene rings is 10. The number of para-hydroxylation sites is 3. The predicted octanol–water partition coefficient (Wildman–Crippen LogP) is 13.6. The van der Waals surface area contributed by atoms with Crippen molar-refractivity contribution >= 4 is 113 Å². The summed E-state index contributed by atoms with van der Waals surface area (Å²) in [6.07, 6.45) is 14.1. The molecule has 3 heterocycles. The predicted molar refractivity (Wildman–Crippen MR) is 294 cm³/mol. The van der Waals surface area contributed by atoms with Crippen LogP contribution in [0.2, 0.25) is 0 Å². The summed E-state index contributed by atoms with van der Waals surface area (Å²) < 4.78 is 17.8. The quantitative estimate of drug-likeness (QED) is 0.0721. The van der Waals surface area contributed by atoms with E-state index in [1.165, 1.54) is 42.6 Å². The van der Waals surface area contributed by atoms with Gasteiger partial charge in [0.05, 0.1) is 0 Å². The number of fused-ring (bicyclic) bond motifs is 9. The first kappa shape index (κ1) is 49.1. The van der Waals surface area contributed by atoms with E-state index in [0.29, 0.717) is 0 Å². The fraction of sp³-hybridized carbons (Fsp3) is 0. The van der Waals surface area contributed by atoms with Crippen LogP contribution in [0.15, 0.2) is 256 Å². The van der Waals surface area contributed by atoms with Crippen LogP contribution in [0.4, 0.5) is 0 Å². The van der Waals surface area contributed by atoms with E-state index < -0.39 is 15.8 Å². The Morgan fingerprint density at radius 2 is 0.549 bits per heavy atom. The fourth-order valence-electron chi connectivity index (χ4n) is 9.17. The second-order valence-electron chi connectivity index (χ2n) is 16.6. The van der Waals surface area contributed by atoms with Crippen molar-refractivity contribution in [1.82, 2.24) is 0 Å². The molecule has 346 valence electrons. The standard InChI is InChI=1S/C36H26OP2.2C14H7O.2Au/c1-5-15-27(16-6-1)38(28-17-7-2-8-18-28)35-25-32-31-23-13-14-24-33(31)37-34(32)26-36(35)39(29-19-9-3-10-20-29)30-21-11-4-12-22-30;2*1-2-10-7-8-12-11-5-3-4-6-13(11)15-14(12)9-10;;/h1-26H;2*3-9H;;/q;2*-1;2*+1/p+2. The van der Waals surface area contributed by atoms with Gasteiger partial charge in [-0.3, -0.25) is 11.8 Å². The van der Waals surface area contributed by atoms with Gasteiger partial charge in [-0.2, -0.15) is 0 Å². The average molecular weight is 1310 g/mol. The molecular formula is C64H42Au2O3P2+2. The molecule has 0 saturated carbocycles. The zero-order valence-corrected chi connectivity index (χ0v) is 44.3.